The molecule has 3 rings (SSSR count). The Bertz CT molecular complexity index is 486. The van der Waals surface area contributed by atoms with Crippen LogP contribution in [0.25, 0.3) is 0 Å². The lowest BCUT2D eigenvalue weighted by atomic mass is 10.1. The highest BCUT2D eigenvalue weighted by atomic mass is 16.2. The molecule has 0 aliphatic carbocycles. The smallest absolute Gasteiger partial charge is 0.318 e. The monoisotopic (exact) mass is 231 g/mol. The number of fused-ring (bicyclic) bond motifs is 2. The van der Waals surface area contributed by atoms with Gasteiger partial charge in [0.15, 0.2) is 0 Å². The molecule has 5 heteroatoms. The van der Waals surface area contributed by atoms with Gasteiger partial charge in [0.25, 0.3) is 5.91 Å². The van der Waals surface area contributed by atoms with E-state index in [0.29, 0.717) is 17.8 Å². The number of benzene rings is 1. The van der Waals surface area contributed by atoms with Gasteiger partial charge in [-0.1, -0.05) is 12.1 Å². The van der Waals surface area contributed by atoms with Crippen molar-refractivity contribution in [3.8, 4) is 0 Å². The fourth-order valence-electron chi connectivity index (χ4n) is 2.40. The van der Waals surface area contributed by atoms with Gasteiger partial charge in [0.1, 0.15) is 6.17 Å². The second-order valence-electron chi connectivity index (χ2n) is 4.30. The van der Waals surface area contributed by atoms with Crippen molar-refractivity contribution >= 4 is 17.6 Å². The van der Waals surface area contributed by atoms with Crippen LogP contribution in [0.5, 0.6) is 0 Å². The first kappa shape index (κ1) is 10.1. The summed E-state index contributed by atoms with van der Waals surface area (Å²) in [4.78, 5) is 25.7. The molecule has 1 aromatic rings. The molecule has 0 spiro atoms. The average molecular weight is 231 g/mol. The van der Waals surface area contributed by atoms with E-state index in [1.165, 1.54) is 0 Å². The van der Waals surface area contributed by atoms with E-state index >= 15 is 0 Å². The lowest BCUT2D eigenvalue weighted by Crippen LogP contribution is -2.50. The Hall–Kier alpha value is -2.04. The van der Waals surface area contributed by atoms with Crippen LogP contribution in [-0.4, -0.2) is 29.5 Å². The molecular formula is C12H13N3O2. The Balaban J connectivity index is 2.06. The van der Waals surface area contributed by atoms with Crippen molar-refractivity contribution in [2.75, 3.05) is 11.9 Å². The predicted octanol–water partition coefficient (Wildman–Crippen LogP) is 1.38. The molecule has 2 heterocycles. The number of para-hydroxylation sites is 1. The molecule has 0 unspecified atom stereocenters. The standard InChI is InChI=1S/C12H13N3O2/c16-11-8-4-1-2-5-9(8)13-12(17)14-10-6-3-7-15(10)11/h1-2,4-5,10H,3,6-7H2,(H2,13,14,17)/t10-/m0/s1. The second kappa shape index (κ2) is 3.76. The van der Waals surface area contributed by atoms with Crippen molar-refractivity contribution in [3.05, 3.63) is 29.8 Å². The van der Waals surface area contributed by atoms with E-state index in [1.807, 2.05) is 6.07 Å². The van der Waals surface area contributed by atoms with Gasteiger partial charge in [-0.2, -0.15) is 0 Å². The number of carbonyl (C=O) groups is 2. The fraction of sp³-hybridized carbons (Fsp3) is 0.333. The number of nitrogens with zero attached hydrogens (tertiary/aromatic N) is 1. The minimum Gasteiger partial charge on any atom is -0.318 e. The van der Waals surface area contributed by atoms with E-state index in [1.54, 1.807) is 23.1 Å². The van der Waals surface area contributed by atoms with Crippen LogP contribution >= 0.6 is 0 Å². The molecule has 1 saturated heterocycles. The summed E-state index contributed by atoms with van der Waals surface area (Å²) in [7, 11) is 0. The third kappa shape index (κ3) is 1.63. The summed E-state index contributed by atoms with van der Waals surface area (Å²) < 4.78 is 0. The molecule has 2 N–H and O–H groups in total. The number of rotatable bonds is 0. The number of hydrogen-bond donors (Lipinski definition) is 2. The maximum Gasteiger partial charge on any atom is 0.320 e. The Labute approximate surface area is 98.8 Å². The maximum absolute atomic E-state index is 12.3. The molecule has 0 aromatic heterocycles. The number of nitrogens with one attached hydrogen (secondary N) is 2. The van der Waals surface area contributed by atoms with Gasteiger partial charge in [0, 0.05) is 6.54 Å². The molecule has 5 nitrogen and oxygen atoms in total. The van der Waals surface area contributed by atoms with Crippen molar-refractivity contribution in [2.24, 2.45) is 0 Å². The van der Waals surface area contributed by atoms with Gasteiger partial charge in [0.05, 0.1) is 11.3 Å². The Morgan fingerprint density at radius 3 is 2.94 bits per heavy atom. The number of hydrogen-bond acceptors (Lipinski definition) is 2. The largest absolute Gasteiger partial charge is 0.320 e. The highest BCUT2D eigenvalue weighted by molar-refractivity contribution is 6.05. The molecule has 2 aliphatic heterocycles. The van der Waals surface area contributed by atoms with Crippen molar-refractivity contribution < 1.29 is 9.59 Å². The average Bonchev–Trinajstić information content (AvgIpc) is 2.75. The summed E-state index contributed by atoms with van der Waals surface area (Å²) in [5, 5.41) is 5.52. The van der Waals surface area contributed by atoms with Crippen LogP contribution in [0.2, 0.25) is 0 Å². The molecular weight excluding hydrogens is 218 g/mol. The van der Waals surface area contributed by atoms with E-state index in [9.17, 15) is 9.59 Å². The van der Waals surface area contributed by atoms with E-state index in [0.717, 1.165) is 12.8 Å². The maximum atomic E-state index is 12.3. The normalized spacial score (nSPS) is 23.1. The van der Waals surface area contributed by atoms with Crippen LogP contribution < -0.4 is 10.6 Å². The third-order valence-electron chi connectivity index (χ3n) is 3.22. The SMILES string of the molecule is O=C1Nc2ccccc2C(=O)N2CCC[C@H]2N1. The van der Waals surface area contributed by atoms with E-state index < -0.39 is 0 Å². The lowest BCUT2D eigenvalue weighted by Gasteiger charge is -2.29. The highest BCUT2D eigenvalue weighted by Gasteiger charge is 2.33. The molecule has 1 fully saturated rings. The van der Waals surface area contributed by atoms with Crippen molar-refractivity contribution in [1.82, 2.24) is 10.2 Å². The Kier molecular flexibility index (Phi) is 2.24. The molecule has 88 valence electrons. The van der Waals surface area contributed by atoms with Gasteiger partial charge >= 0.3 is 6.03 Å². The Morgan fingerprint density at radius 2 is 2.06 bits per heavy atom. The van der Waals surface area contributed by atoms with Gasteiger partial charge in [-0.3, -0.25) is 4.79 Å². The third-order valence-corrected chi connectivity index (χ3v) is 3.22. The predicted molar refractivity (Wildman–Crippen MR) is 62.7 cm³/mol. The van der Waals surface area contributed by atoms with Gasteiger partial charge < -0.3 is 15.5 Å². The number of urea groups is 1. The highest BCUT2D eigenvalue weighted by Crippen LogP contribution is 2.24. The summed E-state index contributed by atoms with van der Waals surface area (Å²) >= 11 is 0. The molecule has 3 amide bonds. The molecule has 2 aliphatic rings. The van der Waals surface area contributed by atoms with Crippen molar-refractivity contribution in [1.29, 1.82) is 0 Å². The lowest BCUT2D eigenvalue weighted by molar-refractivity contribution is 0.0720. The van der Waals surface area contributed by atoms with Crippen molar-refractivity contribution in [2.45, 2.75) is 19.0 Å². The summed E-state index contributed by atoms with van der Waals surface area (Å²) in [6.07, 6.45) is 1.58. The van der Waals surface area contributed by atoms with Crippen LogP contribution in [-0.2, 0) is 0 Å². The minimum absolute atomic E-state index is 0.0180. The van der Waals surface area contributed by atoms with Crippen LogP contribution in [0.15, 0.2) is 24.3 Å². The quantitative estimate of drug-likeness (QED) is 0.708. The van der Waals surface area contributed by atoms with E-state index in [4.69, 9.17) is 0 Å². The first-order valence-corrected chi connectivity index (χ1v) is 5.73. The van der Waals surface area contributed by atoms with Crippen molar-refractivity contribution in [3.63, 3.8) is 0 Å². The summed E-state index contributed by atoms with van der Waals surface area (Å²) in [6, 6.07) is 6.85. The number of carbonyl (C=O) groups excluding carboxylic acids is 2. The van der Waals surface area contributed by atoms with Crippen LogP contribution in [0.1, 0.15) is 23.2 Å². The number of anilines is 1. The van der Waals surface area contributed by atoms with Crippen LogP contribution in [0.3, 0.4) is 0 Å². The Morgan fingerprint density at radius 1 is 1.24 bits per heavy atom. The van der Waals surface area contributed by atoms with Gasteiger partial charge in [-0.15, -0.1) is 0 Å². The summed E-state index contributed by atoms with van der Waals surface area (Å²) in [6.45, 7) is 0.706. The molecule has 17 heavy (non-hydrogen) atoms. The molecule has 1 aromatic carbocycles. The molecule has 0 saturated carbocycles. The van der Waals surface area contributed by atoms with Crippen LogP contribution in [0, 0.1) is 0 Å². The molecule has 1 atom stereocenters. The van der Waals surface area contributed by atoms with Gasteiger partial charge in [0.2, 0.25) is 0 Å². The molecule has 0 bridgehead atoms. The zero-order valence-electron chi connectivity index (χ0n) is 9.27. The van der Waals surface area contributed by atoms with E-state index in [2.05, 4.69) is 10.6 Å². The zero-order valence-corrected chi connectivity index (χ0v) is 9.27. The first-order chi connectivity index (χ1) is 8.25. The van der Waals surface area contributed by atoms with Gasteiger partial charge in [-0.25, -0.2) is 4.79 Å². The van der Waals surface area contributed by atoms with E-state index in [-0.39, 0.29) is 18.1 Å². The fourth-order valence-corrected chi connectivity index (χ4v) is 2.40. The number of amides is 3. The molecule has 0 radical (unpaired) electrons. The zero-order chi connectivity index (χ0) is 11.8. The minimum atomic E-state index is -0.248. The van der Waals surface area contributed by atoms with Gasteiger partial charge in [-0.05, 0) is 25.0 Å². The first-order valence-electron chi connectivity index (χ1n) is 5.73. The topological polar surface area (TPSA) is 61.4 Å². The summed E-state index contributed by atoms with van der Waals surface area (Å²) in [5.74, 6) is -0.0180. The summed E-state index contributed by atoms with van der Waals surface area (Å²) in [5.41, 5.74) is 1.13. The second-order valence-corrected chi connectivity index (χ2v) is 4.30. The van der Waals surface area contributed by atoms with Crippen LogP contribution in [0.4, 0.5) is 10.5 Å².